The van der Waals surface area contributed by atoms with Crippen LogP contribution >= 0.6 is 11.6 Å². The van der Waals surface area contributed by atoms with E-state index in [0.29, 0.717) is 34.4 Å². The summed E-state index contributed by atoms with van der Waals surface area (Å²) in [5, 5.41) is 0.411. The molecule has 0 amide bonds. The normalized spacial score (nSPS) is 26.7. The number of halogens is 3. The zero-order valence-electron chi connectivity index (χ0n) is 19.2. The van der Waals surface area contributed by atoms with Crippen molar-refractivity contribution in [2.24, 2.45) is 11.8 Å². The fourth-order valence-corrected chi connectivity index (χ4v) is 5.38. The van der Waals surface area contributed by atoms with Crippen LogP contribution in [0.1, 0.15) is 73.6 Å². The van der Waals surface area contributed by atoms with Gasteiger partial charge in [-0.2, -0.15) is 8.78 Å². The van der Waals surface area contributed by atoms with Gasteiger partial charge < -0.3 is 9.47 Å². The van der Waals surface area contributed by atoms with E-state index < -0.39 is 6.11 Å². The average molecular weight is 463 g/mol. The van der Waals surface area contributed by atoms with Crippen molar-refractivity contribution < 1.29 is 18.3 Å². The van der Waals surface area contributed by atoms with Gasteiger partial charge in [0.05, 0.1) is 11.7 Å². The lowest BCUT2D eigenvalue weighted by Crippen LogP contribution is -2.33. The van der Waals surface area contributed by atoms with Gasteiger partial charge in [-0.1, -0.05) is 36.7 Å². The molecule has 2 aliphatic rings. The first-order valence-corrected chi connectivity index (χ1v) is 12.2. The average Bonchev–Trinajstić information content (AvgIpc) is 2.76. The molecule has 0 bridgehead atoms. The van der Waals surface area contributed by atoms with Crippen molar-refractivity contribution in [1.82, 2.24) is 0 Å². The summed E-state index contributed by atoms with van der Waals surface area (Å²) in [6.45, 7) is 6.70. The summed E-state index contributed by atoms with van der Waals surface area (Å²) in [5.74, 6) is 1.80. The summed E-state index contributed by atoms with van der Waals surface area (Å²) in [5.41, 5.74) is 2.42. The number of benzene rings is 2. The van der Waals surface area contributed by atoms with Gasteiger partial charge in [-0.3, -0.25) is 0 Å². The zero-order chi connectivity index (χ0) is 22.9. The monoisotopic (exact) mass is 462 g/mol. The van der Waals surface area contributed by atoms with Crippen LogP contribution in [0.5, 0.6) is 5.75 Å². The van der Waals surface area contributed by atoms with Crippen molar-refractivity contribution >= 4 is 11.6 Å². The second kappa shape index (κ2) is 9.69. The van der Waals surface area contributed by atoms with Crippen LogP contribution in [0.2, 0.25) is 5.02 Å². The Morgan fingerprint density at radius 2 is 1.69 bits per heavy atom. The smallest absolute Gasteiger partial charge is 0.426 e. The van der Waals surface area contributed by atoms with Gasteiger partial charge in [0.25, 0.3) is 0 Å². The molecule has 5 heteroatoms. The van der Waals surface area contributed by atoms with Crippen LogP contribution < -0.4 is 4.74 Å². The minimum atomic E-state index is -3.42. The highest BCUT2D eigenvalue weighted by Gasteiger charge is 2.37. The molecule has 0 radical (unpaired) electrons. The summed E-state index contributed by atoms with van der Waals surface area (Å²) < 4.78 is 41.0. The summed E-state index contributed by atoms with van der Waals surface area (Å²) in [4.78, 5) is 0. The van der Waals surface area contributed by atoms with E-state index in [-0.39, 0.29) is 11.3 Å². The van der Waals surface area contributed by atoms with E-state index in [4.69, 9.17) is 21.1 Å². The van der Waals surface area contributed by atoms with E-state index in [1.807, 2.05) is 19.1 Å². The molecule has 0 spiro atoms. The molecule has 2 fully saturated rings. The fourth-order valence-electron chi connectivity index (χ4n) is 5.21. The van der Waals surface area contributed by atoms with E-state index in [1.165, 1.54) is 31.0 Å². The second-order valence-corrected chi connectivity index (χ2v) is 10.2. The molecule has 174 valence electrons. The summed E-state index contributed by atoms with van der Waals surface area (Å²) in [6, 6.07) is 9.93. The van der Waals surface area contributed by atoms with E-state index >= 15 is 0 Å². The molecule has 0 N–H and O–H groups in total. The first-order chi connectivity index (χ1) is 15.2. The largest absolute Gasteiger partial charge is 0.429 e. The van der Waals surface area contributed by atoms with Gasteiger partial charge in [-0.05, 0) is 105 Å². The van der Waals surface area contributed by atoms with Gasteiger partial charge in [-0.25, -0.2) is 0 Å². The van der Waals surface area contributed by atoms with Crippen molar-refractivity contribution in [3.63, 3.8) is 0 Å². The minimum absolute atomic E-state index is 0.0618. The number of rotatable bonds is 5. The Morgan fingerprint density at radius 3 is 2.31 bits per heavy atom. The fraction of sp³-hybridized carbons (Fsp3) is 0.556. The molecule has 1 saturated heterocycles. The topological polar surface area (TPSA) is 18.5 Å². The Kier molecular flexibility index (Phi) is 7.11. The van der Waals surface area contributed by atoms with Crippen LogP contribution in [-0.2, 0) is 10.8 Å². The highest BCUT2D eigenvalue weighted by Crippen LogP contribution is 2.42. The zero-order valence-corrected chi connectivity index (χ0v) is 19.9. The third kappa shape index (κ3) is 5.28. The van der Waals surface area contributed by atoms with E-state index in [9.17, 15) is 8.78 Å². The molecule has 32 heavy (non-hydrogen) atoms. The Hall–Kier alpha value is -1.65. The quantitative estimate of drug-likeness (QED) is 0.446. The minimum Gasteiger partial charge on any atom is -0.429 e. The Labute approximate surface area is 195 Å². The van der Waals surface area contributed by atoms with Gasteiger partial charge in [0.1, 0.15) is 5.75 Å². The molecule has 2 aromatic carbocycles. The molecular formula is C27H33ClF2O2. The van der Waals surface area contributed by atoms with Crippen molar-refractivity contribution in [2.75, 3.05) is 6.61 Å². The van der Waals surface area contributed by atoms with E-state index in [2.05, 4.69) is 6.92 Å². The molecule has 1 saturated carbocycles. The third-order valence-corrected chi connectivity index (χ3v) is 7.67. The van der Waals surface area contributed by atoms with Crippen LogP contribution in [0.25, 0.3) is 0 Å². The van der Waals surface area contributed by atoms with Gasteiger partial charge in [-0.15, -0.1) is 0 Å². The van der Waals surface area contributed by atoms with Gasteiger partial charge in [0.2, 0.25) is 0 Å². The predicted molar refractivity (Wildman–Crippen MR) is 125 cm³/mol. The Bertz CT molecular complexity index is 929. The Morgan fingerprint density at radius 1 is 0.938 bits per heavy atom. The molecule has 1 heterocycles. The molecule has 1 aliphatic heterocycles. The van der Waals surface area contributed by atoms with Gasteiger partial charge in [0.15, 0.2) is 0 Å². The van der Waals surface area contributed by atoms with Gasteiger partial charge >= 0.3 is 6.11 Å². The number of ether oxygens (including phenoxy) is 2. The van der Waals surface area contributed by atoms with Crippen LogP contribution in [0, 0.1) is 25.7 Å². The lowest BCUT2D eigenvalue weighted by atomic mass is 9.75. The van der Waals surface area contributed by atoms with Gasteiger partial charge in [0, 0.05) is 11.6 Å². The molecular weight excluding hydrogens is 430 g/mol. The maximum absolute atomic E-state index is 14.9. The number of hydrogen-bond acceptors (Lipinski definition) is 2. The van der Waals surface area contributed by atoms with E-state index in [0.717, 1.165) is 43.4 Å². The summed E-state index contributed by atoms with van der Waals surface area (Å²) >= 11 is 6.06. The maximum atomic E-state index is 14.9. The lowest BCUT2D eigenvalue weighted by Gasteiger charge is -2.37. The van der Waals surface area contributed by atoms with Crippen LogP contribution in [-0.4, -0.2) is 12.7 Å². The van der Waals surface area contributed by atoms with Crippen molar-refractivity contribution in [2.45, 2.75) is 77.4 Å². The number of hydrogen-bond donors (Lipinski definition) is 0. The van der Waals surface area contributed by atoms with Crippen LogP contribution in [0.3, 0.4) is 0 Å². The van der Waals surface area contributed by atoms with E-state index in [1.54, 1.807) is 13.0 Å². The highest BCUT2D eigenvalue weighted by atomic mass is 35.5. The Balaban J connectivity index is 1.40. The predicted octanol–water partition coefficient (Wildman–Crippen LogP) is 8.17. The second-order valence-electron chi connectivity index (χ2n) is 9.77. The molecule has 1 aliphatic carbocycles. The molecule has 4 rings (SSSR count). The summed E-state index contributed by atoms with van der Waals surface area (Å²) in [7, 11) is 0. The third-order valence-electron chi connectivity index (χ3n) is 7.26. The highest BCUT2D eigenvalue weighted by molar-refractivity contribution is 6.31. The first-order valence-electron chi connectivity index (χ1n) is 11.8. The molecule has 2 nitrogen and oxygen atoms in total. The number of aryl methyl sites for hydroxylation is 2. The number of alkyl halides is 2. The summed E-state index contributed by atoms with van der Waals surface area (Å²) in [6.07, 6.45) is 3.90. The molecule has 2 unspecified atom stereocenters. The van der Waals surface area contributed by atoms with Crippen molar-refractivity contribution in [3.8, 4) is 5.75 Å². The van der Waals surface area contributed by atoms with Crippen LogP contribution in [0.15, 0.2) is 36.4 Å². The SMILES string of the molecule is Cc1ccc(OC(F)(F)c2ccc(C3CCC(C4CCC(C)CO4)CC3)cc2C)cc1Cl. The van der Waals surface area contributed by atoms with Crippen molar-refractivity contribution in [1.29, 1.82) is 0 Å². The molecule has 2 atom stereocenters. The lowest BCUT2D eigenvalue weighted by molar-refractivity contribution is -0.185. The standard InChI is InChI=1S/C27H33ClF2O2/c1-17-4-13-26(31-16-17)21-8-6-20(7-9-21)22-10-12-24(19(3)14-22)27(29,30)32-23-11-5-18(2)25(28)15-23/h5,10-12,14-15,17,20-21,26H,4,6-9,13,16H2,1-3H3. The first kappa shape index (κ1) is 23.5. The molecule has 2 aromatic rings. The maximum Gasteiger partial charge on any atom is 0.426 e. The molecule has 0 aromatic heterocycles. The van der Waals surface area contributed by atoms with Crippen molar-refractivity contribution in [3.05, 3.63) is 63.7 Å². The van der Waals surface area contributed by atoms with Crippen LogP contribution in [0.4, 0.5) is 8.78 Å².